The summed E-state index contributed by atoms with van der Waals surface area (Å²) in [5.41, 5.74) is 6.90. The van der Waals surface area contributed by atoms with Gasteiger partial charge in [0, 0.05) is 16.3 Å². The van der Waals surface area contributed by atoms with Crippen molar-refractivity contribution in [3.05, 3.63) is 56.3 Å². The number of Topliss-reactive ketones (excluding diaryl/α,β-unsaturated/α-hetero) is 1. The predicted octanol–water partition coefficient (Wildman–Crippen LogP) is 2.50. The molecular weight excluding hydrogens is 486 g/mol. The first kappa shape index (κ1) is 26.7. The second-order valence-corrected chi connectivity index (χ2v) is 9.00. The van der Waals surface area contributed by atoms with E-state index < -0.39 is 41.4 Å². The van der Waals surface area contributed by atoms with Gasteiger partial charge in [-0.1, -0.05) is 6.07 Å². The van der Waals surface area contributed by atoms with Crippen LogP contribution in [0.3, 0.4) is 0 Å². The lowest BCUT2D eigenvalue weighted by Gasteiger charge is -2.37. The largest absolute Gasteiger partial charge is 0.468 e. The Hall–Kier alpha value is -3.91. The molecule has 36 heavy (non-hydrogen) atoms. The molecule has 0 fully saturated rings. The molecule has 10 nitrogen and oxygen atoms in total. The van der Waals surface area contributed by atoms with E-state index in [0.717, 1.165) is 7.11 Å². The van der Waals surface area contributed by atoms with Gasteiger partial charge in [0.2, 0.25) is 0 Å². The van der Waals surface area contributed by atoms with E-state index in [2.05, 4.69) is 0 Å². The summed E-state index contributed by atoms with van der Waals surface area (Å²) >= 11 is 1.31. The molecule has 2 N–H and O–H groups in total. The SMILES string of the molecule is CCOC(=O)C1=C(C)N2C(N)=C(C#N)[C@@H]([C@H](C(C)=O)C(=O)OC)C2=C(C(=O)OCC)[C@@H]1c1cccs1. The van der Waals surface area contributed by atoms with Crippen molar-refractivity contribution in [3.8, 4) is 6.07 Å². The number of methoxy groups -OCH3 is 1. The van der Waals surface area contributed by atoms with Gasteiger partial charge in [0.25, 0.3) is 0 Å². The van der Waals surface area contributed by atoms with E-state index in [4.69, 9.17) is 19.9 Å². The molecule has 0 amide bonds. The number of allylic oxidation sites excluding steroid dienone is 2. The molecule has 0 aliphatic carbocycles. The lowest BCUT2D eigenvalue weighted by molar-refractivity contribution is -0.150. The van der Waals surface area contributed by atoms with Crippen LogP contribution in [-0.2, 0) is 33.4 Å². The van der Waals surface area contributed by atoms with Crippen LogP contribution in [0.5, 0.6) is 0 Å². The van der Waals surface area contributed by atoms with Crippen LogP contribution < -0.4 is 5.73 Å². The number of nitrogens with zero attached hydrogens (tertiary/aromatic N) is 2. The van der Waals surface area contributed by atoms with Crippen molar-refractivity contribution in [1.82, 2.24) is 4.90 Å². The second kappa shape index (κ2) is 10.8. The van der Waals surface area contributed by atoms with Crippen molar-refractivity contribution in [2.45, 2.75) is 33.6 Å². The first-order valence-electron chi connectivity index (χ1n) is 11.3. The van der Waals surface area contributed by atoms with Crippen molar-refractivity contribution in [2.24, 2.45) is 17.6 Å². The van der Waals surface area contributed by atoms with Gasteiger partial charge in [-0.25, -0.2) is 9.59 Å². The molecule has 0 saturated heterocycles. The van der Waals surface area contributed by atoms with E-state index in [1.807, 2.05) is 6.07 Å². The normalized spacial score (nSPS) is 20.1. The lowest BCUT2D eigenvalue weighted by atomic mass is 9.76. The summed E-state index contributed by atoms with van der Waals surface area (Å²) < 4.78 is 15.6. The molecule has 1 aromatic rings. The minimum absolute atomic E-state index is 0.00121. The number of fused-ring (bicyclic) bond motifs is 1. The van der Waals surface area contributed by atoms with E-state index >= 15 is 0 Å². The number of ketones is 1. The zero-order chi connectivity index (χ0) is 26.7. The number of thiophene rings is 1. The van der Waals surface area contributed by atoms with E-state index in [0.29, 0.717) is 10.6 Å². The third kappa shape index (κ3) is 4.28. The molecule has 0 saturated carbocycles. The Morgan fingerprint density at radius 1 is 1.17 bits per heavy atom. The van der Waals surface area contributed by atoms with Crippen LogP contribution in [0.1, 0.15) is 38.5 Å². The summed E-state index contributed by atoms with van der Waals surface area (Å²) in [5, 5.41) is 11.8. The quantitative estimate of drug-likeness (QED) is 0.312. The highest BCUT2D eigenvalue weighted by Crippen LogP contribution is 2.53. The van der Waals surface area contributed by atoms with Gasteiger partial charge in [0.05, 0.1) is 54.9 Å². The number of esters is 3. The van der Waals surface area contributed by atoms with E-state index in [9.17, 15) is 24.4 Å². The van der Waals surface area contributed by atoms with E-state index in [-0.39, 0.29) is 41.5 Å². The third-order valence-electron chi connectivity index (χ3n) is 6.11. The van der Waals surface area contributed by atoms with Crippen molar-refractivity contribution in [2.75, 3.05) is 20.3 Å². The number of nitriles is 1. The highest BCUT2D eigenvalue weighted by Gasteiger charge is 2.53. The molecule has 1 aromatic heterocycles. The first-order chi connectivity index (χ1) is 17.2. The van der Waals surface area contributed by atoms with Gasteiger partial charge in [0.15, 0.2) is 0 Å². The molecular formula is C25H27N3O7S. The van der Waals surface area contributed by atoms with Crippen molar-refractivity contribution in [3.63, 3.8) is 0 Å². The third-order valence-corrected chi connectivity index (χ3v) is 7.04. The molecule has 3 heterocycles. The Kier molecular flexibility index (Phi) is 8.00. The standard InChI is InChI=1S/C25H27N3O7S/c1-6-34-24(31)16-12(3)28-21(20(25(32)35-7-2)19(16)15-9-8-10-36-15)18(14(11-26)22(28)27)17(13(4)29)23(30)33-5/h8-10,17-19H,6-7,27H2,1-5H3/t17-,18-,19+/m0/s1. The van der Waals surface area contributed by atoms with Crippen LogP contribution in [0.25, 0.3) is 0 Å². The molecule has 2 aliphatic rings. The van der Waals surface area contributed by atoms with Gasteiger partial charge in [-0.05, 0) is 39.1 Å². The highest BCUT2D eigenvalue weighted by molar-refractivity contribution is 7.10. The molecule has 0 aromatic carbocycles. The monoisotopic (exact) mass is 513 g/mol. The zero-order valence-corrected chi connectivity index (χ0v) is 21.4. The van der Waals surface area contributed by atoms with Crippen molar-refractivity contribution >= 4 is 35.0 Å². The van der Waals surface area contributed by atoms with Crippen molar-refractivity contribution in [1.29, 1.82) is 5.26 Å². The summed E-state index contributed by atoms with van der Waals surface area (Å²) in [6, 6.07) is 5.52. The minimum atomic E-state index is -1.45. The van der Waals surface area contributed by atoms with Gasteiger partial charge in [-0.3, -0.25) is 9.59 Å². The number of carbonyl (C=O) groups is 4. The summed E-state index contributed by atoms with van der Waals surface area (Å²) in [7, 11) is 1.13. The summed E-state index contributed by atoms with van der Waals surface area (Å²) in [4.78, 5) is 54.3. The average Bonchev–Trinajstić information content (AvgIpc) is 3.45. The Labute approximate surface area is 212 Å². The molecule has 0 radical (unpaired) electrons. The Morgan fingerprint density at radius 2 is 1.78 bits per heavy atom. The number of nitrogens with two attached hydrogens (primary N) is 1. The lowest BCUT2D eigenvalue weighted by Crippen LogP contribution is -2.39. The van der Waals surface area contributed by atoms with Gasteiger partial charge in [-0.15, -0.1) is 11.3 Å². The number of carbonyl (C=O) groups excluding carboxylic acids is 4. The van der Waals surface area contributed by atoms with Crippen LogP contribution >= 0.6 is 11.3 Å². The number of rotatable bonds is 8. The molecule has 0 bridgehead atoms. The van der Waals surface area contributed by atoms with Crippen LogP contribution in [0, 0.1) is 23.2 Å². The van der Waals surface area contributed by atoms with E-state index in [1.54, 1.807) is 38.3 Å². The minimum Gasteiger partial charge on any atom is -0.468 e. The predicted molar refractivity (Wildman–Crippen MR) is 128 cm³/mol. The van der Waals surface area contributed by atoms with Crippen LogP contribution in [-0.4, -0.2) is 48.9 Å². The van der Waals surface area contributed by atoms with Crippen molar-refractivity contribution < 1.29 is 33.4 Å². The fourth-order valence-electron chi connectivity index (χ4n) is 4.72. The van der Waals surface area contributed by atoms with Crippen LogP contribution in [0.4, 0.5) is 0 Å². The van der Waals surface area contributed by atoms with Crippen LogP contribution in [0.2, 0.25) is 0 Å². The average molecular weight is 514 g/mol. The summed E-state index contributed by atoms with van der Waals surface area (Å²) in [6.07, 6.45) is 0. The van der Waals surface area contributed by atoms with Gasteiger partial charge in [-0.2, -0.15) is 5.26 Å². The maximum atomic E-state index is 13.5. The van der Waals surface area contributed by atoms with Gasteiger partial charge < -0.3 is 24.8 Å². The molecule has 3 atom stereocenters. The maximum Gasteiger partial charge on any atom is 0.336 e. The maximum absolute atomic E-state index is 13.5. The molecule has 11 heteroatoms. The molecule has 0 spiro atoms. The Bertz CT molecular complexity index is 1240. The zero-order valence-electron chi connectivity index (χ0n) is 20.6. The Morgan fingerprint density at radius 3 is 2.25 bits per heavy atom. The number of hydrogen-bond acceptors (Lipinski definition) is 11. The van der Waals surface area contributed by atoms with Gasteiger partial charge in [0.1, 0.15) is 17.5 Å². The summed E-state index contributed by atoms with van der Waals surface area (Å²) in [6.45, 7) is 6.21. The second-order valence-electron chi connectivity index (χ2n) is 8.02. The van der Waals surface area contributed by atoms with Crippen LogP contribution in [0.15, 0.2) is 51.4 Å². The first-order valence-corrected chi connectivity index (χ1v) is 12.1. The van der Waals surface area contributed by atoms with E-state index in [1.165, 1.54) is 23.2 Å². The summed E-state index contributed by atoms with van der Waals surface area (Å²) in [5.74, 6) is -6.60. The highest BCUT2D eigenvalue weighted by atomic mass is 32.1. The smallest absolute Gasteiger partial charge is 0.336 e. The number of hydrogen-bond donors (Lipinski definition) is 1. The fraction of sp³-hybridized carbons (Fsp3) is 0.400. The Balaban J connectivity index is 2.47. The molecule has 2 aliphatic heterocycles. The fourth-order valence-corrected chi connectivity index (χ4v) is 5.56. The van der Waals surface area contributed by atoms with Gasteiger partial charge >= 0.3 is 17.9 Å². The number of ether oxygens (including phenoxy) is 3. The topological polar surface area (TPSA) is 149 Å². The molecule has 3 rings (SSSR count). The molecule has 190 valence electrons. The molecule has 0 unspecified atom stereocenters.